The summed E-state index contributed by atoms with van der Waals surface area (Å²) in [5, 5.41) is 1.09. The number of rotatable bonds is 6. The van der Waals surface area contributed by atoms with Crippen molar-refractivity contribution >= 4 is 22.7 Å². The molecule has 0 spiro atoms. The van der Waals surface area contributed by atoms with E-state index in [2.05, 4.69) is 4.98 Å². The molecular formula is C20H26N2O3. The summed E-state index contributed by atoms with van der Waals surface area (Å²) in [5.74, 6) is -0.322. The predicted octanol–water partition coefficient (Wildman–Crippen LogP) is 3.12. The number of esters is 1. The lowest BCUT2D eigenvalue weighted by molar-refractivity contribution is -0.157. The molecule has 1 aliphatic carbocycles. The number of Topliss-reactive ketones (excluding diaryl/α,β-unsaturated/α-hetero) is 1. The van der Waals surface area contributed by atoms with Crippen molar-refractivity contribution in [3.63, 3.8) is 0 Å². The standard InChI is InChI=1S/C20H26N2O3/c1-25-19(24)20(9-5-2-6-10-20)12-18(23)16(21)11-14-13-22-17-8-4-3-7-15(14)17/h3-4,7-8,13,16,22H,2,5-6,9-12,21H2,1H3. The number of fused-ring (bicyclic) bond motifs is 1. The van der Waals surface area contributed by atoms with Gasteiger partial charge in [-0.2, -0.15) is 0 Å². The van der Waals surface area contributed by atoms with Crippen LogP contribution in [0.15, 0.2) is 30.5 Å². The third-order valence-corrected chi connectivity index (χ3v) is 5.47. The van der Waals surface area contributed by atoms with E-state index in [4.69, 9.17) is 10.5 Å². The molecule has 1 unspecified atom stereocenters. The molecule has 1 aromatic carbocycles. The lowest BCUT2D eigenvalue weighted by atomic mass is 9.70. The highest BCUT2D eigenvalue weighted by Crippen LogP contribution is 2.41. The fourth-order valence-electron chi connectivity index (χ4n) is 4.01. The molecule has 1 saturated carbocycles. The van der Waals surface area contributed by atoms with E-state index < -0.39 is 11.5 Å². The van der Waals surface area contributed by atoms with Crippen LogP contribution in [0.5, 0.6) is 0 Å². The summed E-state index contributed by atoms with van der Waals surface area (Å²) in [5.41, 5.74) is 7.59. The van der Waals surface area contributed by atoms with Crippen LogP contribution in [0.1, 0.15) is 44.1 Å². The number of nitrogens with two attached hydrogens (primary N) is 1. The molecule has 0 saturated heterocycles. The minimum atomic E-state index is -0.679. The molecule has 25 heavy (non-hydrogen) atoms. The number of H-pyrrole nitrogens is 1. The van der Waals surface area contributed by atoms with Gasteiger partial charge in [0.1, 0.15) is 0 Å². The van der Waals surface area contributed by atoms with E-state index in [1.807, 2.05) is 30.5 Å². The first kappa shape index (κ1) is 17.7. The maximum Gasteiger partial charge on any atom is 0.312 e. The van der Waals surface area contributed by atoms with E-state index in [1.165, 1.54) is 7.11 Å². The van der Waals surface area contributed by atoms with E-state index in [9.17, 15) is 9.59 Å². The quantitative estimate of drug-likeness (QED) is 0.790. The maximum absolute atomic E-state index is 12.8. The fourth-order valence-corrected chi connectivity index (χ4v) is 4.01. The molecule has 1 aliphatic rings. The van der Waals surface area contributed by atoms with Crippen molar-refractivity contribution in [2.75, 3.05) is 7.11 Å². The molecule has 3 rings (SSSR count). The predicted molar refractivity (Wildman–Crippen MR) is 97.1 cm³/mol. The molecule has 0 aliphatic heterocycles. The van der Waals surface area contributed by atoms with Crippen molar-refractivity contribution in [2.24, 2.45) is 11.1 Å². The van der Waals surface area contributed by atoms with Gasteiger partial charge in [0.2, 0.25) is 0 Å². The fraction of sp³-hybridized carbons (Fsp3) is 0.500. The average molecular weight is 342 g/mol. The number of aromatic amines is 1. The number of hydrogen-bond acceptors (Lipinski definition) is 4. The van der Waals surface area contributed by atoms with E-state index in [0.29, 0.717) is 19.3 Å². The van der Waals surface area contributed by atoms with Gasteiger partial charge in [0, 0.05) is 23.5 Å². The minimum Gasteiger partial charge on any atom is -0.469 e. The van der Waals surface area contributed by atoms with Gasteiger partial charge in [-0.05, 0) is 30.9 Å². The van der Waals surface area contributed by atoms with Gasteiger partial charge in [-0.25, -0.2) is 0 Å². The molecule has 0 radical (unpaired) electrons. The number of methoxy groups -OCH3 is 1. The second-order valence-electron chi connectivity index (χ2n) is 7.15. The number of nitrogens with one attached hydrogen (secondary N) is 1. The number of para-hydroxylation sites is 1. The normalized spacial score (nSPS) is 18.0. The molecule has 0 bridgehead atoms. The van der Waals surface area contributed by atoms with Crippen molar-refractivity contribution in [1.29, 1.82) is 0 Å². The Kier molecular flexibility index (Phi) is 5.23. The summed E-state index contributed by atoms with van der Waals surface area (Å²) < 4.78 is 5.00. The molecule has 1 atom stereocenters. The Morgan fingerprint density at radius 2 is 1.96 bits per heavy atom. The monoisotopic (exact) mass is 342 g/mol. The minimum absolute atomic E-state index is 0.0578. The maximum atomic E-state index is 12.8. The Morgan fingerprint density at radius 3 is 2.68 bits per heavy atom. The van der Waals surface area contributed by atoms with Crippen LogP contribution in [-0.2, 0) is 20.7 Å². The lowest BCUT2D eigenvalue weighted by Gasteiger charge is -2.34. The Hall–Kier alpha value is -2.14. The van der Waals surface area contributed by atoms with E-state index in [1.54, 1.807) is 0 Å². The van der Waals surface area contributed by atoms with E-state index >= 15 is 0 Å². The van der Waals surface area contributed by atoms with Crippen molar-refractivity contribution in [3.8, 4) is 0 Å². The summed E-state index contributed by atoms with van der Waals surface area (Å²) in [6.07, 6.45) is 7.02. The van der Waals surface area contributed by atoms with Crippen LogP contribution in [-0.4, -0.2) is 29.9 Å². The topological polar surface area (TPSA) is 85.2 Å². The summed E-state index contributed by atoms with van der Waals surface area (Å²) in [6, 6.07) is 7.36. The first-order chi connectivity index (χ1) is 12.1. The number of hydrogen-bond donors (Lipinski definition) is 2. The SMILES string of the molecule is COC(=O)C1(CC(=O)C(N)Cc2c[nH]c3ccccc23)CCCCC1. The first-order valence-electron chi connectivity index (χ1n) is 8.97. The Balaban J connectivity index is 1.72. The van der Waals surface area contributed by atoms with Crippen molar-refractivity contribution in [1.82, 2.24) is 4.98 Å². The zero-order chi connectivity index (χ0) is 17.9. The van der Waals surface area contributed by atoms with E-state index in [-0.39, 0.29) is 18.2 Å². The first-order valence-corrected chi connectivity index (χ1v) is 8.97. The second kappa shape index (κ2) is 7.40. The highest BCUT2D eigenvalue weighted by atomic mass is 16.5. The molecule has 2 aromatic rings. The molecule has 3 N–H and O–H groups in total. The van der Waals surface area contributed by atoms with Gasteiger partial charge in [-0.15, -0.1) is 0 Å². The highest BCUT2D eigenvalue weighted by molar-refractivity contribution is 5.91. The van der Waals surface area contributed by atoms with Crippen LogP contribution >= 0.6 is 0 Å². The zero-order valence-electron chi connectivity index (χ0n) is 14.7. The average Bonchev–Trinajstić information content (AvgIpc) is 3.04. The third-order valence-electron chi connectivity index (χ3n) is 5.47. The molecular weight excluding hydrogens is 316 g/mol. The van der Waals surface area contributed by atoms with Crippen LogP contribution in [0.3, 0.4) is 0 Å². The number of carbonyl (C=O) groups is 2. The summed E-state index contributed by atoms with van der Waals surface area (Å²) in [4.78, 5) is 28.3. The molecule has 1 heterocycles. The molecule has 0 amide bonds. The van der Waals surface area contributed by atoms with Crippen molar-refractivity contribution in [2.45, 2.75) is 51.0 Å². The summed E-state index contributed by atoms with van der Waals surface area (Å²) >= 11 is 0. The Bertz CT molecular complexity index is 759. The van der Waals surface area contributed by atoms with Gasteiger partial charge < -0.3 is 15.5 Å². The molecule has 1 fully saturated rings. The lowest BCUT2D eigenvalue weighted by Crippen LogP contribution is -2.42. The Morgan fingerprint density at radius 1 is 1.24 bits per heavy atom. The van der Waals surface area contributed by atoms with Gasteiger partial charge in [-0.3, -0.25) is 9.59 Å². The van der Waals surface area contributed by atoms with Crippen LogP contribution in [0.25, 0.3) is 10.9 Å². The van der Waals surface area contributed by atoms with Gasteiger partial charge in [0.05, 0.1) is 18.6 Å². The summed E-state index contributed by atoms with van der Waals surface area (Å²) in [6.45, 7) is 0. The number of carbonyl (C=O) groups excluding carboxylic acids is 2. The van der Waals surface area contributed by atoms with Crippen LogP contribution < -0.4 is 5.73 Å². The molecule has 134 valence electrons. The Labute approximate surface area is 147 Å². The van der Waals surface area contributed by atoms with Crippen LogP contribution in [0.4, 0.5) is 0 Å². The number of ketones is 1. The van der Waals surface area contributed by atoms with Crippen LogP contribution in [0.2, 0.25) is 0 Å². The second-order valence-corrected chi connectivity index (χ2v) is 7.15. The van der Waals surface area contributed by atoms with E-state index in [0.717, 1.165) is 35.7 Å². The number of benzene rings is 1. The van der Waals surface area contributed by atoms with Gasteiger partial charge in [0.25, 0.3) is 0 Å². The highest BCUT2D eigenvalue weighted by Gasteiger charge is 2.43. The summed E-state index contributed by atoms with van der Waals surface area (Å²) in [7, 11) is 1.40. The third kappa shape index (κ3) is 3.61. The van der Waals surface area contributed by atoms with Gasteiger partial charge >= 0.3 is 5.97 Å². The molecule has 1 aromatic heterocycles. The van der Waals surface area contributed by atoms with Crippen LogP contribution in [0, 0.1) is 5.41 Å². The number of aromatic nitrogens is 1. The molecule has 5 heteroatoms. The van der Waals surface area contributed by atoms with Gasteiger partial charge in [-0.1, -0.05) is 37.5 Å². The smallest absolute Gasteiger partial charge is 0.312 e. The zero-order valence-corrected chi connectivity index (χ0v) is 14.7. The largest absolute Gasteiger partial charge is 0.469 e. The van der Waals surface area contributed by atoms with Gasteiger partial charge in [0.15, 0.2) is 5.78 Å². The molecule has 5 nitrogen and oxygen atoms in total. The van der Waals surface area contributed by atoms with Crippen molar-refractivity contribution < 1.29 is 14.3 Å². The van der Waals surface area contributed by atoms with Crippen molar-refractivity contribution in [3.05, 3.63) is 36.0 Å². The number of ether oxygens (including phenoxy) is 1.